The van der Waals surface area contributed by atoms with E-state index in [1.54, 1.807) is 36.7 Å². The minimum atomic E-state index is -0.167. The van der Waals surface area contributed by atoms with E-state index in [0.29, 0.717) is 28.5 Å². The number of aryl methyl sites for hydroxylation is 1. The summed E-state index contributed by atoms with van der Waals surface area (Å²) in [6.45, 7) is 3.44. The highest BCUT2D eigenvalue weighted by Crippen LogP contribution is 2.33. The summed E-state index contributed by atoms with van der Waals surface area (Å²) < 4.78 is 1.42. The van der Waals surface area contributed by atoms with Gasteiger partial charge in [0.15, 0.2) is 0 Å². The predicted octanol–water partition coefficient (Wildman–Crippen LogP) is 4.98. The zero-order valence-corrected chi connectivity index (χ0v) is 18.8. The first-order valence-corrected chi connectivity index (χ1v) is 11.0. The Kier molecular flexibility index (Phi) is 5.77. The molecule has 33 heavy (non-hydrogen) atoms. The molecule has 0 unspecified atom stereocenters. The van der Waals surface area contributed by atoms with Gasteiger partial charge in [0.1, 0.15) is 5.69 Å². The van der Waals surface area contributed by atoms with Crippen LogP contribution in [0.1, 0.15) is 17.0 Å². The molecule has 0 saturated carbocycles. The van der Waals surface area contributed by atoms with Crippen molar-refractivity contribution in [2.45, 2.75) is 20.0 Å². The number of nitrogens with one attached hydrogen (secondary N) is 2. The molecule has 2 aromatic carbocycles. The molecule has 3 heterocycles. The number of pyridine rings is 2. The number of halogens is 1. The molecule has 0 saturated heterocycles. The largest absolute Gasteiger partial charge is 0.364 e. The van der Waals surface area contributed by atoms with Gasteiger partial charge in [-0.05, 0) is 54.4 Å². The minimum Gasteiger partial charge on any atom is -0.364 e. The van der Waals surface area contributed by atoms with Crippen LogP contribution in [0.25, 0.3) is 28.1 Å². The van der Waals surface area contributed by atoms with Gasteiger partial charge in [0, 0.05) is 41.8 Å². The maximum Gasteiger partial charge on any atom is 0.282 e. The van der Waals surface area contributed by atoms with Crippen LogP contribution in [-0.2, 0) is 13.1 Å². The average Bonchev–Trinajstić information content (AvgIpc) is 3.17. The van der Waals surface area contributed by atoms with Gasteiger partial charge in [-0.3, -0.25) is 9.78 Å². The Morgan fingerprint density at radius 2 is 1.79 bits per heavy atom. The van der Waals surface area contributed by atoms with Crippen molar-refractivity contribution in [1.82, 2.24) is 25.1 Å². The van der Waals surface area contributed by atoms with Gasteiger partial charge in [0.25, 0.3) is 5.56 Å². The highest BCUT2D eigenvalue weighted by molar-refractivity contribution is 6.30. The lowest BCUT2D eigenvalue weighted by atomic mass is 9.98. The highest BCUT2D eigenvalue weighted by Gasteiger charge is 2.22. The van der Waals surface area contributed by atoms with Crippen LogP contribution in [0.5, 0.6) is 0 Å². The summed E-state index contributed by atoms with van der Waals surface area (Å²) in [6, 6.07) is 21.3. The number of hydrogen-bond donors (Lipinski definition) is 2. The van der Waals surface area contributed by atoms with Crippen molar-refractivity contribution < 1.29 is 0 Å². The average molecular weight is 456 g/mol. The van der Waals surface area contributed by atoms with E-state index >= 15 is 0 Å². The zero-order chi connectivity index (χ0) is 22.8. The van der Waals surface area contributed by atoms with Crippen molar-refractivity contribution in [3.63, 3.8) is 0 Å². The van der Waals surface area contributed by atoms with Gasteiger partial charge in [-0.15, -0.1) is 0 Å². The fourth-order valence-corrected chi connectivity index (χ4v) is 4.02. The molecule has 0 fully saturated rings. The van der Waals surface area contributed by atoms with E-state index in [9.17, 15) is 4.79 Å². The molecular formula is C26H22ClN5O. The molecule has 7 heteroatoms. The molecule has 3 aromatic rings. The standard InChI is InChI=1S/C26H22ClN5O/c1-17-24(19-7-5-18(6-8-19)14-28-15-21-4-2-3-13-29-21)25-23(16-30-17)26(33)32(31-25)22-11-9-20(27)10-12-22/h2-13,16,28,30H,14-15H2,1H3. The van der Waals surface area contributed by atoms with Crippen LogP contribution in [0.2, 0.25) is 5.02 Å². The molecule has 1 aromatic heterocycles. The molecule has 0 spiro atoms. The second-order valence-corrected chi connectivity index (χ2v) is 8.30. The maximum absolute atomic E-state index is 13.0. The normalized spacial score (nSPS) is 11.2. The summed E-state index contributed by atoms with van der Waals surface area (Å²) in [5.74, 6) is 0. The third-order valence-corrected chi connectivity index (χ3v) is 5.85. The number of aromatic nitrogens is 4. The second-order valence-electron chi connectivity index (χ2n) is 7.87. The third kappa shape index (κ3) is 4.31. The van der Waals surface area contributed by atoms with Crippen molar-refractivity contribution in [2.24, 2.45) is 0 Å². The van der Waals surface area contributed by atoms with Gasteiger partial charge in [0.2, 0.25) is 0 Å². The maximum atomic E-state index is 13.0. The second kappa shape index (κ2) is 9.02. The van der Waals surface area contributed by atoms with Gasteiger partial charge < -0.3 is 10.3 Å². The molecule has 2 N–H and O–H groups in total. The van der Waals surface area contributed by atoms with Crippen LogP contribution < -0.4 is 10.9 Å². The molecule has 0 aliphatic carbocycles. The lowest BCUT2D eigenvalue weighted by Gasteiger charge is -2.11. The van der Waals surface area contributed by atoms with Crippen molar-refractivity contribution >= 4 is 11.6 Å². The van der Waals surface area contributed by atoms with E-state index in [0.717, 1.165) is 29.1 Å². The minimum absolute atomic E-state index is 0.167. The van der Waals surface area contributed by atoms with E-state index in [1.165, 1.54) is 10.2 Å². The summed E-state index contributed by atoms with van der Waals surface area (Å²) in [4.78, 5) is 20.6. The van der Waals surface area contributed by atoms with Gasteiger partial charge >= 0.3 is 0 Å². The molecule has 0 amide bonds. The summed E-state index contributed by atoms with van der Waals surface area (Å²) >= 11 is 6.00. The molecule has 0 atom stereocenters. The van der Waals surface area contributed by atoms with E-state index in [2.05, 4.69) is 44.6 Å². The quantitative estimate of drug-likeness (QED) is 0.378. The lowest BCUT2D eigenvalue weighted by molar-refractivity contribution is 0.680. The number of rotatable bonds is 6. The Morgan fingerprint density at radius 1 is 1.00 bits per heavy atom. The molecular weight excluding hydrogens is 434 g/mol. The molecule has 2 aliphatic rings. The molecule has 0 radical (unpaired) electrons. The smallest absolute Gasteiger partial charge is 0.282 e. The summed E-state index contributed by atoms with van der Waals surface area (Å²) in [6.07, 6.45) is 3.53. The monoisotopic (exact) mass is 455 g/mol. The van der Waals surface area contributed by atoms with Crippen LogP contribution in [0, 0.1) is 6.92 Å². The predicted molar refractivity (Wildman–Crippen MR) is 131 cm³/mol. The van der Waals surface area contributed by atoms with Crippen LogP contribution in [0.3, 0.4) is 0 Å². The number of aromatic amines is 1. The zero-order valence-electron chi connectivity index (χ0n) is 18.0. The van der Waals surface area contributed by atoms with Gasteiger partial charge in [-0.1, -0.05) is 41.9 Å². The van der Waals surface area contributed by atoms with Gasteiger partial charge in [-0.25, -0.2) is 0 Å². The first-order valence-electron chi connectivity index (χ1n) is 10.7. The van der Waals surface area contributed by atoms with E-state index in [-0.39, 0.29) is 5.56 Å². The number of H-pyrrole nitrogens is 1. The first kappa shape index (κ1) is 21.1. The van der Waals surface area contributed by atoms with Crippen LogP contribution in [-0.4, -0.2) is 19.7 Å². The van der Waals surface area contributed by atoms with Crippen LogP contribution >= 0.6 is 11.6 Å². The van der Waals surface area contributed by atoms with Gasteiger partial charge in [0.05, 0.1) is 16.9 Å². The Hall–Kier alpha value is -3.74. The van der Waals surface area contributed by atoms with Crippen molar-refractivity contribution in [2.75, 3.05) is 0 Å². The number of nitrogens with zero attached hydrogens (tertiary/aromatic N) is 3. The lowest BCUT2D eigenvalue weighted by Crippen LogP contribution is -2.14. The molecule has 5 rings (SSSR count). The Balaban J connectivity index is 1.43. The Labute approximate surface area is 196 Å². The Bertz CT molecular complexity index is 1410. The molecule has 164 valence electrons. The Morgan fingerprint density at radius 3 is 2.52 bits per heavy atom. The van der Waals surface area contributed by atoms with Crippen LogP contribution in [0.4, 0.5) is 0 Å². The summed E-state index contributed by atoms with van der Waals surface area (Å²) in [5.41, 5.74) is 6.78. The molecule has 0 bridgehead atoms. The van der Waals surface area contributed by atoms with E-state index < -0.39 is 0 Å². The molecule has 2 aliphatic heterocycles. The first-order chi connectivity index (χ1) is 16.1. The topological polar surface area (TPSA) is 75.6 Å². The van der Waals surface area contributed by atoms with Crippen LogP contribution in [0.15, 0.2) is 83.9 Å². The fraction of sp³-hybridized carbons (Fsp3) is 0.115. The number of fused-ring (bicyclic) bond motifs is 1. The summed E-state index contributed by atoms with van der Waals surface area (Å²) in [5, 5.41) is 8.71. The highest BCUT2D eigenvalue weighted by atomic mass is 35.5. The van der Waals surface area contributed by atoms with Crippen molar-refractivity contribution in [3.8, 4) is 28.1 Å². The SMILES string of the molecule is Cc1[nH]cc2c(=O)n(-c3ccc(Cl)cc3)nc-2c1-c1ccc(CNCc2ccccn2)cc1. The third-order valence-electron chi connectivity index (χ3n) is 5.60. The summed E-state index contributed by atoms with van der Waals surface area (Å²) in [7, 11) is 0. The van der Waals surface area contributed by atoms with Gasteiger partial charge in [-0.2, -0.15) is 9.78 Å². The number of benzene rings is 2. The molecule has 6 nitrogen and oxygen atoms in total. The number of hydrogen-bond acceptors (Lipinski definition) is 4. The van der Waals surface area contributed by atoms with E-state index in [1.807, 2.05) is 25.1 Å². The van der Waals surface area contributed by atoms with Crippen molar-refractivity contribution in [1.29, 1.82) is 0 Å². The van der Waals surface area contributed by atoms with E-state index in [4.69, 9.17) is 11.6 Å². The van der Waals surface area contributed by atoms with Crippen molar-refractivity contribution in [3.05, 3.63) is 111 Å². The fourth-order valence-electron chi connectivity index (χ4n) is 3.90.